The van der Waals surface area contributed by atoms with Crippen molar-refractivity contribution < 1.29 is 4.79 Å². The number of amides is 1. The predicted octanol–water partition coefficient (Wildman–Crippen LogP) is 0.490. The lowest BCUT2D eigenvalue weighted by molar-refractivity contribution is -0.119. The zero-order valence-electron chi connectivity index (χ0n) is 11.5. The first-order chi connectivity index (χ1) is 9.52. The highest BCUT2D eigenvalue weighted by molar-refractivity contribution is 5.75. The van der Waals surface area contributed by atoms with Crippen molar-refractivity contribution in [2.75, 3.05) is 12.3 Å². The minimum Gasteiger partial charge on any atom is -0.399 e. The van der Waals surface area contributed by atoms with Crippen molar-refractivity contribution in [2.45, 2.75) is 13.1 Å². The van der Waals surface area contributed by atoms with Crippen LogP contribution in [0, 0.1) is 0 Å². The molecule has 0 aliphatic heterocycles. The summed E-state index contributed by atoms with van der Waals surface area (Å²) >= 11 is 0. The van der Waals surface area contributed by atoms with Gasteiger partial charge in [0.2, 0.25) is 5.91 Å². The van der Waals surface area contributed by atoms with E-state index in [-0.39, 0.29) is 12.5 Å². The van der Waals surface area contributed by atoms with E-state index in [1.165, 1.54) is 0 Å². The number of aryl methyl sites for hydroxylation is 1. The van der Waals surface area contributed by atoms with Crippen molar-refractivity contribution in [1.29, 1.82) is 0 Å². The summed E-state index contributed by atoms with van der Waals surface area (Å²) in [5.41, 5.74) is 13.9. The minimum absolute atomic E-state index is 0.198. The van der Waals surface area contributed by atoms with Gasteiger partial charge in [0.05, 0.1) is 12.7 Å². The molecule has 0 fully saturated rings. The molecule has 1 amide bonds. The molecule has 0 unspecified atom stereocenters. The highest BCUT2D eigenvalue weighted by Crippen LogP contribution is 2.12. The summed E-state index contributed by atoms with van der Waals surface area (Å²) in [6, 6.07) is 7.62. The summed E-state index contributed by atoms with van der Waals surface area (Å²) in [6.07, 6.45) is 3.71. The Morgan fingerprint density at radius 3 is 2.70 bits per heavy atom. The van der Waals surface area contributed by atoms with Crippen LogP contribution in [0.4, 0.5) is 5.69 Å². The molecule has 0 saturated carbocycles. The number of hydrogen-bond donors (Lipinski definition) is 2. The molecule has 4 N–H and O–H groups in total. The minimum atomic E-state index is -0.349. The molecule has 1 aromatic carbocycles. The molecule has 0 spiro atoms. The second-order valence-electron chi connectivity index (χ2n) is 4.88. The molecule has 1 heterocycles. The van der Waals surface area contributed by atoms with Gasteiger partial charge in [-0.2, -0.15) is 5.10 Å². The Kier molecular flexibility index (Phi) is 4.37. The van der Waals surface area contributed by atoms with Crippen LogP contribution in [-0.2, 0) is 24.9 Å². The molecule has 0 radical (unpaired) electrons. The van der Waals surface area contributed by atoms with Gasteiger partial charge in [-0.1, -0.05) is 12.1 Å². The molecule has 0 atom stereocenters. The van der Waals surface area contributed by atoms with Crippen molar-refractivity contribution in [2.24, 2.45) is 12.8 Å². The monoisotopic (exact) mass is 273 g/mol. The molecule has 6 heteroatoms. The van der Waals surface area contributed by atoms with E-state index in [9.17, 15) is 4.79 Å². The maximum absolute atomic E-state index is 11.2. The van der Waals surface area contributed by atoms with Crippen LogP contribution in [0.2, 0.25) is 0 Å². The first-order valence-electron chi connectivity index (χ1n) is 6.35. The second-order valence-corrected chi connectivity index (χ2v) is 4.88. The van der Waals surface area contributed by atoms with Crippen molar-refractivity contribution in [3.8, 4) is 0 Å². The smallest absolute Gasteiger partial charge is 0.231 e. The largest absolute Gasteiger partial charge is 0.399 e. The summed E-state index contributed by atoms with van der Waals surface area (Å²) in [5.74, 6) is -0.349. The van der Waals surface area contributed by atoms with Gasteiger partial charge in [-0.25, -0.2) is 0 Å². The van der Waals surface area contributed by atoms with E-state index >= 15 is 0 Å². The third-order valence-electron chi connectivity index (χ3n) is 2.90. The van der Waals surface area contributed by atoms with Gasteiger partial charge >= 0.3 is 0 Å². The maximum Gasteiger partial charge on any atom is 0.231 e. The van der Waals surface area contributed by atoms with Gasteiger partial charge in [0.1, 0.15) is 0 Å². The third-order valence-corrected chi connectivity index (χ3v) is 2.90. The number of nitrogens with zero attached hydrogens (tertiary/aromatic N) is 3. The average Bonchev–Trinajstić information content (AvgIpc) is 2.73. The first kappa shape index (κ1) is 14.1. The number of carbonyl (C=O) groups is 1. The quantitative estimate of drug-likeness (QED) is 0.749. The first-order valence-corrected chi connectivity index (χ1v) is 6.35. The molecule has 0 aliphatic rings. The van der Waals surface area contributed by atoms with Gasteiger partial charge in [-0.15, -0.1) is 0 Å². The van der Waals surface area contributed by atoms with E-state index in [0.717, 1.165) is 11.1 Å². The van der Waals surface area contributed by atoms with Gasteiger partial charge in [0.15, 0.2) is 0 Å². The van der Waals surface area contributed by atoms with Gasteiger partial charge < -0.3 is 11.5 Å². The van der Waals surface area contributed by atoms with Crippen molar-refractivity contribution >= 4 is 11.6 Å². The normalized spacial score (nSPS) is 10.9. The summed E-state index contributed by atoms with van der Waals surface area (Å²) in [4.78, 5) is 13.2. The van der Waals surface area contributed by atoms with Crippen LogP contribution in [0.15, 0.2) is 36.7 Å². The van der Waals surface area contributed by atoms with Crippen LogP contribution < -0.4 is 11.5 Å². The van der Waals surface area contributed by atoms with Crippen LogP contribution in [-0.4, -0.2) is 27.1 Å². The Bertz CT molecular complexity index is 593. The Labute approximate surface area is 118 Å². The fourth-order valence-electron chi connectivity index (χ4n) is 2.15. The van der Waals surface area contributed by atoms with Crippen LogP contribution in [0.5, 0.6) is 0 Å². The van der Waals surface area contributed by atoms with Crippen LogP contribution in [0.25, 0.3) is 0 Å². The fraction of sp³-hybridized carbons (Fsp3) is 0.286. The molecule has 2 rings (SSSR count). The number of rotatable bonds is 6. The predicted molar refractivity (Wildman–Crippen MR) is 77.4 cm³/mol. The topological polar surface area (TPSA) is 90.2 Å². The van der Waals surface area contributed by atoms with Gasteiger partial charge in [0.25, 0.3) is 0 Å². The SMILES string of the molecule is Cn1cc(CN(CC(N)=O)Cc2cccc(N)c2)cn1. The lowest BCUT2D eigenvalue weighted by atomic mass is 10.2. The van der Waals surface area contributed by atoms with Gasteiger partial charge in [-0.05, 0) is 17.7 Å². The Morgan fingerprint density at radius 1 is 1.35 bits per heavy atom. The molecule has 0 aliphatic carbocycles. The highest BCUT2D eigenvalue weighted by atomic mass is 16.1. The lowest BCUT2D eigenvalue weighted by Crippen LogP contribution is -2.32. The molecular formula is C14H19N5O. The number of benzene rings is 1. The van der Waals surface area contributed by atoms with Crippen molar-refractivity contribution in [3.63, 3.8) is 0 Å². The number of nitrogens with two attached hydrogens (primary N) is 2. The van der Waals surface area contributed by atoms with E-state index in [4.69, 9.17) is 11.5 Å². The number of primary amides is 1. The number of carbonyl (C=O) groups excluding carboxylic acids is 1. The standard InChI is InChI=1S/C14H19N5O/c1-18-7-12(6-17-18)9-19(10-14(16)20)8-11-3-2-4-13(15)5-11/h2-7H,8-10,15H2,1H3,(H2,16,20). The van der Waals surface area contributed by atoms with Crippen LogP contribution in [0.1, 0.15) is 11.1 Å². The van der Waals surface area contributed by atoms with Crippen molar-refractivity contribution in [1.82, 2.24) is 14.7 Å². The molecule has 0 bridgehead atoms. The molecule has 2 aromatic rings. The number of hydrogen-bond acceptors (Lipinski definition) is 4. The van der Waals surface area contributed by atoms with E-state index in [1.807, 2.05) is 42.4 Å². The second kappa shape index (κ2) is 6.21. The molecule has 20 heavy (non-hydrogen) atoms. The summed E-state index contributed by atoms with van der Waals surface area (Å²) in [7, 11) is 1.86. The zero-order chi connectivity index (χ0) is 14.5. The average molecular weight is 273 g/mol. The Balaban J connectivity index is 2.09. The number of anilines is 1. The summed E-state index contributed by atoms with van der Waals surface area (Å²) < 4.78 is 1.73. The van der Waals surface area contributed by atoms with E-state index in [0.29, 0.717) is 18.8 Å². The van der Waals surface area contributed by atoms with Gasteiger partial charge in [0, 0.05) is 37.6 Å². The van der Waals surface area contributed by atoms with Gasteiger partial charge in [-0.3, -0.25) is 14.4 Å². The van der Waals surface area contributed by atoms with E-state index < -0.39 is 0 Å². The number of nitrogen functional groups attached to an aromatic ring is 1. The Hall–Kier alpha value is -2.34. The van der Waals surface area contributed by atoms with E-state index in [1.54, 1.807) is 10.9 Å². The van der Waals surface area contributed by atoms with E-state index in [2.05, 4.69) is 5.10 Å². The lowest BCUT2D eigenvalue weighted by Gasteiger charge is -2.20. The van der Waals surface area contributed by atoms with Crippen LogP contribution >= 0.6 is 0 Å². The Morgan fingerprint density at radius 2 is 2.10 bits per heavy atom. The highest BCUT2D eigenvalue weighted by Gasteiger charge is 2.11. The van der Waals surface area contributed by atoms with Crippen LogP contribution in [0.3, 0.4) is 0 Å². The molecule has 6 nitrogen and oxygen atoms in total. The molecule has 0 saturated heterocycles. The third kappa shape index (κ3) is 4.10. The summed E-state index contributed by atoms with van der Waals surface area (Å²) in [6.45, 7) is 1.43. The summed E-state index contributed by atoms with van der Waals surface area (Å²) in [5, 5.41) is 4.12. The van der Waals surface area contributed by atoms with Crippen molar-refractivity contribution in [3.05, 3.63) is 47.8 Å². The molecule has 1 aromatic heterocycles. The molecular weight excluding hydrogens is 254 g/mol. The maximum atomic E-state index is 11.2. The fourth-order valence-corrected chi connectivity index (χ4v) is 2.15. The molecule has 106 valence electrons. The number of aromatic nitrogens is 2. The zero-order valence-corrected chi connectivity index (χ0v) is 11.5.